The molecule has 0 aliphatic carbocycles. The summed E-state index contributed by atoms with van der Waals surface area (Å²) in [6.45, 7) is 5.08. The maximum atomic E-state index is 6.34. The van der Waals surface area contributed by atoms with Crippen LogP contribution < -0.4 is 16.4 Å². The molecular formula is C16H25N5. The lowest BCUT2D eigenvalue weighted by atomic mass is 10.1. The van der Waals surface area contributed by atoms with Crippen molar-refractivity contribution in [2.24, 2.45) is 10.7 Å². The van der Waals surface area contributed by atoms with Crippen molar-refractivity contribution in [1.82, 2.24) is 10.2 Å². The van der Waals surface area contributed by atoms with Crippen LogP contribution in [0.3, 0.4) is 0 Å². The number of aliphatic imine (C=N–C) groups is 1. The third kappa shape index (κ3) is 4.06. The number of hydrogen-bond acceptors (Lipinski definition) is 5. The van der Waals surface area contributed by atoms with Gasteiger partial charge in [-0.15, -0.1) is 0 Å². The van der Waals surface area contributed by atoms with Gasteiger partial charge in [0.05, 0.1) is 0 Å². The van der Waals surface area contributed by atoms with Crippen LogP contribution in [0.15, 0.2) is 35.5 Å². The molecule has 0 bridgehead atoms. The van der Waals surface area contributed by atoms with E-state index in [9.17, 15) is 0 Å². The van der Waals surface area contributed by atoms with Gasteiger partial charge in [-0.1, -0.05) is 12.1 Å². The number of nitrogens with zero attached hydrogens (tertiary/aromatic N) is 2. The first-order valence-electron chi connectivity index (χ1n) is 7.20. The topological polar surface area (TPSA) is 65.7 Å². The Hall–Kier alpha value is -1.85. The molecule has 5 nitrogen and oxygen atoms in total. The molecule has 5 heteroatoms. The van der Waals surface area contributed by atoms with Crippen molar-refractivity contribution in [1.29, 1.82) is 0 Å². The van der Waals surface area contributed by atoms with E-state index in [2.05, 4.69) is 40.4 Å². The molecule has 1 aromatic carbocycles. The molecule has 0 saturated carbocycles. The Morgan fingerprint density at radius 2 is 2.10 bits per heavy atom. The van der Waals surface area contributed by atoms with Gasteiger partial charge in [0, 0.05) is 24.9 Å². The molecule has 0 radical (unpaired) electrons. The van der Waals surface area contributed by atoms with Crippen molar-refractivity contribution in [2.45, 2.75) is 25.9 Å². The summed E-state index contributed by atoms with van der Waals surface area (Å²) < 4.78 is 0. The second-order valence-corrected chi connectivity index (χ2v) is 5.86. The number of anilines is 1. The normalized spacial score (nSPS) is 21.1. The Balaban J connectivity index is 2.13. The second kappa shape index (κ2) is 6.28. The third-order valence-corrected chi connectivity index (χ3v) is 3.73. The zero-order valence-corrected chi connectivity index (χ0v) is 13.3. The molecule has 4 N–H and O–H groups in total. The Kier molecular flexibility index (Phi) is 4.65. The third-order valence-electron chi connectivity index (χ3n) is 3.73. The number of benzene rings is 1. The standard InChI is InChI=1S/C16H25N5/c1-12-6-5-7-14(13(12)2)19-15-18-10-8-16(17,20-15)9-11-21(3)4/h5-8,10H,9,11,17H2,1-4H3,(H2,18,19,20). The highest BCUT2D eigenvalue weighted by atomic mass is 15.2. The molecule has 21 heavy (non-hydrogen) atoms. The smallest absolute Gasteiger partial charge is 0.202 e. The van der Waals surface area contributed by atoms with Gasteiger partial charge in [0.25, 0.3) is 0 Å². The summed E-state index contributed by atoms with van der Waals surface area (Å²) in [5, 5.41) is 6.45. The van der Waals surface area contributed by atoms with E-state index in [0.717, 1.165) is 18.7 Å². The molecule has 2 rings (SSSR count). The van der Waals surface area contributed by atoms with Crippen molar-refractivity contribution < 1.29 is 0 Å². The van der Waals surface area contributed by atoms with Gasteiger partial charge in [0.1, 0.15) is 5.66 Å². The van der Waals surface area contributed by atoms with Crippen LogP contribution in [-0.4, -0.2) is 37.2 Å². The van der Waals surface area contributed by atoms with Crippen LogP contribution in [0.5, 0.6) is 0 Å². The number of rotatable bonds is 4. The molecule has 1 aliphatic heterocycles. The van der Waals surface area contributed by atoms with E-state index in [4.69, 9.17) is 5.73 Å². The summed E-state index contributed by atoms with van der Waals surface area (Å²) in [5.74, 6) is 0.687. The average molecular weight is 287 g/mol. The fourth-order valence-electron chi connectivity index (χ4n) is 2.16. The summed E-state index contributed by atoms with van der Waals surface area (Å²) in [6.07, 6.45) is 4.54. The molecule has 0 aromatic heterocycles. The van der Waals surface area contributed by atoms with Crippen molar-refractivity contribution in [3.8, 4) is 0 Å². The van der Waals surface area contributed by atoms with Gasteiger partial charge >= 0.3 is 0 Å². The molecule has 0 amide bonds. The van der Waals surface area contributed by atoms with Crippen molar-refractivity contribution >= 4 is 11.6 Å². The van der Waals surface area contributed by atoms with Gasteiger partial charge in [0.2, 0.25) is 5.96 Å². The quantitative estimate of drug-likeness (QED) is 0.790. The minimum Gasteiger partial charge on any atom is -0.333 e. The summed E-state index contributed by atoms with van der Waals surface area (Å²) in [6, 6.07) is 6.18. The Morgan fingerprint density at radius 1 is 1.33 bits per heavy atom. The molecule has 1 heterocycles. The minimum absolute atomic E-state index is 0.657. The predicted molar refractivity (Wildman–Crippen MR) is 89.3 cm³/mol. The van der Waals surface area contributed by atoms with E-state index in [1.807, 2.05) is 38.5 Å². The Bertz CT molecular complexity index is 562. The molecule has 0 saturated heterocycles. The van der Waals surface area contributed by atoms with Crippen LogP contribution in [0.1, 0.15) is 17.5 Å². The van der Waals surface area contributed by atoms with Gasteiger partial charge in [-0.05, 0) is 51.2 Å². The summed E-state index contributed by atoms with van der Waals surface area (Å²) >= 11 is 0. The Labute approximate surface area is 126 Å². The van der Waals surface area contributed by atoms with Crippen LogP contribution in [-0.2, 0) is 0 Å². The van der Waals surface area contributed by atoms with Crippen LogP contribution in [0, 0.1) is 13.8 Å². The van der Waals surface area contributed by atoms with Crippen molar-refractivity contribution in [3.05, 3.63) is 41.6 Å². The molecule has 1 aliphatic rings. The van der Waals surface area contributed by atoms with Gasteiger partial charge in [0.15, 0.2) is 0 Å². The van der Waals surface area contributed by atoms with Crippen molar-refractivity contribution in [3.63, 3.8) is 0 Å². The first kappa shape index (κ1) is 15.5. The number of nitrogens with two attached hydrogens (primary N) is 1. The van der Waals surface area contributed by atoms with Crippen LogP contribution >= 0.6 is 0 Å². The molecule has 1 atom stereocenters. The van der Waals surface area contributed by atoms with E-state index in [1.165, 1.54) is 11.1 Å². The molecule has 114 valence electrons. The highest BCUT2D eigenvalue weighted by Gasteiger charge is 2.24. The fraction of sp³-hybridized carbons (Fsp3) is 0.438. The highest BCUT2D eigenvalue weighted by molar-refractivity contribution is 5.95. The highest BCUT2D eigenvalue weighted by Crippen LogP contribution is 2.19. The average Bonchev–Trinajstić information content (AvgIpc) is 2.42. The lowest BCUT2D eigenvalue weighted by molar-refractivity contribution is 0.352. The number of nitrogens with one attached hydrogen (secondary N) is 2. The maximum Gasteiger partial charge on any atom is 0.202 e. The zero-order valence-electron chi connectivity index (χ0n) is 13.3. The van der Waals surface area contributed by atoms with E-state index < -0.39 is 5.66 Å². The Morgan fingerprint density at radius 3 is 2.81 bits per heavy atom. The molecule has 0 fully saturated rings. The van der Waals surface area contributed by atoms with Crippen LogP contribution in [0.2, 0.25) is 0 Å². The number of guanidine groups is 1. The van der Waals surface area contributed by atoms with Gasteiger partial charge in [-0.3, -0.25) is 0 Å². The molecular weight excluding hydrogens is 262 g/mol. The van der Waals surface area contributed by atoms with E-state index in [1.54, 1.807) is 0 Å². The number of hydrogen-bond donors (Lipinski definition) is 3. The maximum absolute atomic E-state index is 6.34. The largest absolute Gasteiger partial charge is 0.333 e. The van der Waals surface area contributed by atoms with Crippen LogP contribution in [0.4, 0.5) is 5.69 Å². The van der Waals surface area contributed by atoms with E-state index >= 15 is 0 Å². The first-order chi connectivity index (χ1) is 9.89. The minimum atomic E-state index is -0.657. The van der Waals surface area contributed by atoms with Crippen LogP contribution in [0.25, 0.3) is 0 Å². The second-order valence-electron chi connectivity index (χ2n) is 5.86. The van der Waals surface area contributed by atoms with E-state index in [0.29, 0.717) is 5.96 Å². The van der Waals surface area contributed by atoms with Gasteiger partial charge in [-0.2, -0.15) is 0 Å². The molecule has 0 spiro atoms. The lowest BCUT2D eigenvalue weighted by Gasteiger charge is -2.28. The summed E-state index contributed by atoms with van der Waals surface area (Å²) in [4.78, 5) is 6.72. The summed E-state index contributed by atoms with van der Waals surface area (Å²) in [5.41, 5.74) is 9.19. The monoisotopic (exact) mass is 287 g/mol. The van der Waals surface area contributed by atoms with Gasteiger partial charge < -0.3 is 21.3 Å². The fourth-order valence-corrected chi connectivity index (χ4v) is 2.16. The number of aryl methyl sites for hydroxylation is 1. The summed E-state index contributed by atoms with van der Waals surface area (Å²) in [7, 11) is 4.07. The molecule has 1 aromatic rings. The lowest BCUT2D eigenvalue weighted by Crippen LogP contribution is -2.45. The van der Waals surface area contributed by atoms with Crippen molar-refractivity contribution in [2.75, 3.05) is 26.0 Å². The predicted octanol–water partition coefficient (Wildman–Crippen LogP) is 1.79. The van der Waals surface area contributed by atoms with E-state index in [-0.39, 0.29) is 0 Å². The SMILES string of the molecule is Cc1cccc(NC2=NC(N)(CCN(C)C)C=CN2)c1C. The zero-order chi connectivity index (χ0) is 15.5. The van der Waals surface area contributed by atoms with Gasteiger partial charge in [-0.25, -0.2) is 4.99 Å². The first-order valence-corrected chi connectivity index (χ1v) is 7.20. The molecule has 1 unspecified atom stereocenters.